The Morgan fingerprint density at radius 3 is 0.435 bits per heavy atom. The second-order valence-electron chi connectivity index (χ2n) is 1.72. The maximum atomic E-state index is 8.93. The van der Waals surface area contributed by atoms with Gasteiger partial charge < -0.3 is 82.7 Å². The van der Waals surface area contributed by atoms with Crippen molar-refractivity contribution < 1.29 is 92.1 Å². The molecule has 0 heterocycles. The fourth-order valence-electron chi connectivity index (χ4n) is 0. The molecule has 134 valence electrons. The number of quaternary nitrogens is 2. The molecule has 0 aliphatic carbocycles. The van der Waals surface area contributed by atoms with Crippen LogP contribution in [-0.2, 0) is 50.5 Å². The van der Waals surface area contributed by atoms with Crippen molar-refractivity contribution in [3.8, 4) is 0 Å². The molecule has 0 unspecified atom stereocenters. The summed E-state index contributed by atoms with van der Waals surface area (Å²) in [6, 6.07) is 0. The van der Waals surface area contributed by atoms with E-state index in [0.29, 0.717) is 0 Å². The van der Waals surface area contributed by atoms with Crippen molar-refractivity contribution in [2.75, 3.05) is 0 Å². The van der Waals surface area contributed by atoms with Crippen LogP contribution < -0.4 is 42.9 Å². The molecular weight excluding hydrogens is 372 g/mol. The Kier molecular flexibility index (Phi) is 60.1. The van der Waals surface area contributed by atoms with Crippen LogP contribution in [0.3, 0.4) is 0 Å². The number of hydrogen-bond donors (Lipinski definition) is 2. The van der Waals surface area contributed by atoms with E-state index < -0.39 is 35.8 Å². The van der Waals surface area contributed by atoms with E-state index in [-0.39, 0.29) is 45.0 Å². The maximum absolute atomic E-state index is 8.93. The third-order valence-electron chi connectivity index (χ3n) is 0.500. The Bertz CT molecular complexity index is 288. The Morgan fingerprint density at radius 1 is 0.391 bits per heavy atom. The number of carboxylic acids is 6. The molecule has 0 atom stereocenters. The minimum Gasteiger partial charge on any atom is -0.543 e. The van der Waals surface area contributed by atoms with Gasteiger partial charge in [0.1, 0.15) is 0 Å². The van der Waals surface area contributed by atoms with Crippen LogP contribution in [0.1, 0.15) is 0 Å². The van der Waals surface area contributed by atoms with Gasteiger partial charge in [-0.2, -0.15) is 0 Å². The van der Waals surface area contributed by atoms with E-state index in [1.165, 1.54) is 0 Å². The molecule has 0 spiro atoms. The number of carboxylic acid groups (broad SMARTS) is 6. The van der Waals surface area contributed by atoms with E-state index in [0.717, 1.165) is 0 Å². The fourth-order valence-corrected chi connectivity index (χ4v) is 0. The summed E-state index contributed by atoms with van der Waals surface area (Å²) in [5.74, 6) is -13.1. The molecule has 0 bridgehead atoms. The van der Waals surface area contributed by atoms with Crippen molar-refractivity contribution >= 4 is 35.8 Å². The number of rotatable bonds is 0. The van der Waals surface area contributed by atoms with Crippen LogP contribution in [0.2, 0.25) is 0 Å². The molecular formula is C6H12N2O14Ti. The molecule has 16 nitrogen and oxygen atoms in total. The van der Waals surface area contributed by atoms with E-state index in [9.17, 15) is 0 Å². The minimum absolute atomic E-state index is 0. The largest absolute Gasteiger partial charge is 4.00 e. The van der Waals surface area contributed by atoms with Gasteiger partial charge in [-0.25, -0.2) is 0 Å². The molecule has 12 N–H and O–H groups in total. The monoisotopic (exact) mass is 384 g/mol. The van der Waals surface area contributed by atoms with Gasteiger partial charge in [0.15, 0.2) is 0 Å². The molecule has 23 heavy (non-hydrogen) atoms. The van der Waals surface area contributed by atoms with Gasteiger partial charge in [-0.3, -0.25) is 0 Å². The van der Waals surface area contributed by atoms with Crippen LogP contribution in [0, 0.1) is 0 Å². The zero-order valence-electron chi connectivity index (χ0n) is 11.4. The molecule has 0 aliphatic rings. The maximum Gasteiger partial charge on any atom is 4.00 e. The van der Waals surface area contributed by atoms with E-state index in [1.54, 1.807) is 0 Å². The third-order valence-corrected chi connectivity index (χ3v) is 0.500. The van der Waals surface area contributed by atoms with Gasteiger partial charge in [-0.05, 0) is 0 Å². The Hall–Kier alpha value is -2.63. The van der Waals surface area contributed by atoms with Crippen LogP contribution in [0.15, 0.2) is 0 Å². The summed E-state index contributed by atoms with van der Waals surface area (Å²) >= 11 is 0. The first-order chi connectivity index (χ1) is 7.93. The predicted molar refractivity (Wildman–Crippen MR) is 49.2 cm³/mol. The zero-order valence-corrected chi connectivity index (χ0v) is 13.0. The minimum atomic E-state index is -2.19. The molecule has 0 amide bonds. The van der Waals surface area contributed by atoms with Crippen molar-refractivity contribution in [1.29, 1.82) is 0 Å². The van der Waals surface area contributed by atoms with E-state index >= 15 is 0 Å². The molecule has 0 aromatic heterocycles. The van der Waals surface area contributed by atoms with E-state index in [4.69, 9.17) is 59.4 Å². The number of aliphatic carboxylic acids is 6. The average molecular weight is 384 g/mol. The molecule has 17 heteroatoms. The van der Waals surface area contributed by atoms with Crippen molar-refractivity contribution in [2.24, 2.45) is 0 Å². The Balaban J connectivity index is -0.0000000221. The van der Waals surface area contributed by atoms with E-state index in [1.807, 2.05) is 0 Å². The van der Waals surface area contributed by atoms with E-state index in [2.05, 4.69) is 0 Å². The summed E-state index contributed by atoms with van der Waals surface area (Å²) in [6.45, 7) is 0. The van der Waals surface area contributed by atoms with Gasteiger partial charge in [0.2, 0.25) is 0 Å². The van der Waals surface area contributed by atoms with Crippen LogP contribution in [0.25, 0.3) is 0 Å². The molecule has 0 aliphatic heterocycles. The van der Waals surface area contributed by atoms with Gasteiger partial charge >= 0.3 is 21.7 Å². The van der Waals surface area contributed by atoms with Gasteiger partial charge in [0.25, 0.3) is 0 Å². The van der Waals surface area contributed by atoms with Gasteiger partial charge in [-0.1, -0.05) is 0 Å². The first-order valence-corrected chi connectivity index (χ1v) is 3.20. The second kappa shape index (κ2) is 27.7. The topological polar surface area (TPSA) is 377 Å². The fraction of sp³-hybridized carbons (Fsp3) is 0. The van der Waals surface area contributed by atoms with Crippen LogP contribution >= 0.6 is 0 Å². The smallest absolute Gasteiger partial charge is 0.543 e. The SMILES string of the molecule is O.O.O=C([O-])C(=O)[O-].O=C([O-])C(=O)[O-].O=C([O-])C(=O)[O-].[NH4+].[NH4+].[Ti+4]. The molecule has 0 aromatic rings. The molecule has 0 saturated carbocycles. The van der Waals surface area contributed by atoms with Crippen LogP contribution in [0.4, 0.5) is 0 Å². The Labute approximate surface area is 141 Å². The molecule has 0 fully saturated rings. The summed E-state index contributed by atoms with van der Waals surface area (Å²) in [7, 11) is 0. The zero-order chi connectivity index (χ0) is 15.5. The number of carbonyl (C=O) groups excluding carboxylic acids is 6. The normalized spacial score (nSPS) is 5.74. The van der Waals surface area contributed by atoms with Gasteiger partial charge in [0, 0.05) is 0 Å². The molecule has 0 saturated heterocycles. The summed E-state index contributed by atoms with van der Waals surface area (Å²) < 4.78 is 0. The number of hydrogen-bond acceptors (Lipinski definition) is 12. The molecule has 0 radical (unpaired) electrons. The average Bonchev–Trinajstić information content (AvgIpc) is 2.18. The first-order valence-electron chi connectivity index (χ1n) is 3.20. The van der Waals surface area contributed by atoms with Crippen molar-refractivity contribution in [3.05, 3.63) is 0 Å². The van der Waals surface area contributed by atoms with Gasteiger partial charge in [0.05, 0.1) is 35.8 Å². The summed E-state index contributed by atoms with van der Waals surface area (Å²) in [4.78, 5) is 53.6. The van der Waals surface area contributed by atoms with Crippen LogP contribution in [-0.4, -0.2) is 46.8 Å². The summed E-state index contributed by atoms with van der Waals surface area (Å²) in [5.41, 5.74) is 0. The second-order valence-corrected chi connectivity index (χ2v) is 1.72. The van der Waals surface area contributed by atoms with Crippen molar-refractivity contribution in [3.63, 3.8) is 0 Å². The van der Waals surface area contributed by atoms with Crippen LogP contribution in [0.5, 0.6) is 0 Å². The Morgan fingerprint density at radius 2 is 0.435 bits per heavy atom. The summed E-state index contributed by atoms with van der Waals surface area (Å²) in [5, 5.41) is 53.6. The number of carbonyl (C=O) groups is 6. The van der Waals surface area contributed by atoms with Gasteiger partial charge in [-0.15, -0.1) is 0 Å². The third kappa shape index (κ3) is 66.6. The van der Waals surface area contributed by atoms with Crippen molar-refractivity contribution in [2.45, 2.75) is 0 Å². The quantitative estimate of drug-likeness (QED) is 0.290. The van der Waals surface area contributed by atoms with Crippen molar-refractivity contribution in [1.82, 2.24) is 12.3 Å². The summed E-state index contributed by atoms with van der Waals surface area (Å²) in [6.07, 6.45) is 0. The predicted octanol–water partition coefficient (Wildman–Crippen LogP) is -11.4. The first kappa shape index (κ1) is 49.9. The molecule has 0 rings (SSSR count). The standard InChI is InChI=1S/3C2H2O4.2H3N.2H2O.Ti/c3*3-1(4)2(5)6;;;;;/h3*(H,3,4)(H,5,6);2*1H3;2*1H2;/q;;;;;;;+4/p-4. The molecule has 0 aromatic carbocycles.